The highest BCUT2D eigenvalue weighted by Gasteiger charge is 2.28. The summed E-state index contributed by atoms with van der Waals surface area (Å²) in [6.45, 7) is 4.71. The van der Waals surface area contributed by atoms with Gasteiger partial charge in [0, 0.05) is 18.5 Å². The largest absolute Gasteiger partial charge is 0.296 e. The van der Waals surface area contributed by atoms with Gasteiger partial charge in [-0.25, -0.2) is 8.42 Å². The van der Waals surface area contributed by atoms with Crippen molar-refractivity contribution in [2.24, 2.45) is 5.92 Å². The van der Waals surface area contributed by atoms with Gasteiger partial charge in [-0.2, -0.15) is 5.10 Å². The lowest BCUT2D eigenvalue weighted by Gasteiger charge is -2.10. The molecule has 0 aromatic carbocycles. The molecule has 0 N–H and O–H groups in total. The number of hydrogen-bond acceptors (Lipinski definition) is 4. The van der Waals surface area contributed by atoms with Crippen LogP contribution in [0.5, 0.6) is 0 Å². The first-order chi connectivity index (χ1) is 7.93. The van der Waals surface area contributed by atoms with Crippen LogP contribution in [0.1, 0.15) is 35.6 Å². The van der Waals surface area contributed by atoms with Crippen LogP contribution in [0, 0.1) is 5.92 Å². The van der Waals surface area contributed by atoms with Gasteiger partial charge in [0.2, 0.25) is 0 Å². The molecule has 0 atom stereocenters. The second-order valence-electron chi connectivity index (χ2n) is 4.85. The van der Waals surface area contributed by atoms with Crippen molar-refractivity contribution in [1.29, 1.82) is 0 Å². The van der Waals surface area contributed by atoms with Gasteiger partial charge in [0.25, 0.3) is 0 Å². The highest BCUT2D eigenvalue weighted by Crippen LogP contribution is 2.23. The van der Waals surface area contributed by atoms with Crippen LogP contribution in [0.25, 0.3) is 0 Å². The van der Waals surface area contributed by atoms with Crippen LogP contribution in [0.3, 0.4) is 0 Å². The highest BCUT2D eigenvalue weighted by atomic mass is 32.2. The number of fused-ring (bicyclic) bond motifs is 1. The molecule has 6 heteroatoms. The van der Waals surface area contributed by atoms with E-state index in [-0.39, 0.29) is 11.5 Å². The van der Waals surface area contributed by atoms with E-state index in [9.17, 15) is 13.2 Å². The lowest BCUT2D eigenvalue weighted by atomic mass is 10.1. The molecule has 1 aliphatic heterocycles. The number of hydrogen-bond donors (Lipinski definition) is 0. The predicted octanol–water partition coefficient (Wildman–Crippen LogP) is 0.823. The zero-order valence-electron chi connectivity index (χ0n) is 10.0. The maximum atomic E-state index is 11.6. The molecule has 94 valence electrons. The molecule has 0 radical (unpaired) electrons. The van der Waals surface area contributed by atoms with Gasteiger partial charge < -0.3 is 0 Å². The first kappa shape index (κ1) is 12.3. The second kappa shape index (κ2) is 4.25. The Bertz CT molecular complexity index is 543. The third kappa shape index (κ3) is 2.41. The number of sulfone groups is 1. The Morgan fingerprint density at radius 3 is 2.76 bits per heavy atom. The molecule has 2 rings (SSSR count). The Labute approximate surface area is 101 Å². The Morgan fingerprint density at radius 1 is 1.47 bits per heavy atom. The van der Waals surface area contributed by atoms with Crippen LogP contribution in [-0.4, -0.2) is 30.2 Å². The zero-order chi connectivity index (χ0) is 12.6. The standard InChI is InChI=1S/C11H16N2O3S/c1-8(2)5-13-11(6-14)9-7-17(15,16)4-3-10(9)12-13/h6,8H,3-5,7H2,1-2H3. The van der Waals surface area contributed by atoms with E-state index in [1.807, 2.05) is 13.8 Å². The number of rotatable bonds is 3. The van der Waals surface area contributed by atoms with E-state index in [2.05, 4.69) is 5.10 Å². The number of aldehydes is 1. The molecule has 5 nitrogen and oxygen atoms in total. The summed E-state index contributed by atoms with van der Waals surface area (Å²) in [6, 6.07) is 0. The van der Waals surface area contributed by atoms with Crippen LogP contribution >= 0.6 is 0 Å². The minimum Gasteiger partial charge on any atom is -0.296 e. The minimum absolute atomic E-state index is 0.0471. The number of aryl methyl sites for hydroxylation is 1. The van der Waals surface area contributed by atoms with Gasteiger partial charge in [-0.1, -0.05) is 13.8 Å². The molecule has 0 fully saturated rings. The second-order valence-corrected chi connectivity index (χ2v) is 7.03. The summed E-state index contributed by atoms with van der Waals surface area (Å²) in [5.41, 5.74) is 1.80. The lowest BCUT2D eigenvalue weighted by molar-refractivity contribution is 0.111. The summed E-state index contributed by atoms with van der Waals surface area (Å²) in [7, 11) is -3.06. The summed E-state index contributed by atoms with van der Waals surface area (Å²) in [6.07, 6.45) is 1.14. The van der Waals surface area contributed by atoms with Crippen LogP contribution in [0.4, 0.5) is 0 Å². The molecule has 0 saturated heterocycles. The first-order valence-corrected chi connectivity index (χ1v) is 7.49. The third-order valence-electron chi connectivity index (χ3n) is 2.84. The van der Waals surface area contributed by atoms with Gasteiger partial charge in [0.05, 0.1) is 17.2 Å². The lowest BCUT2D eigenvalue weighted by Crippen LogP contribution is -2.18. The average molecular weight is 256 g/mol. The third-order valence-corrected chi connectivity index (χ3v) is 4.40. The molecule has 0 unspecified atom stereocenters. The van der Waals surface area contributed by atoms with Gasteiger partial charge in [-0.3, -0.25) is 9.48 Å². The molecule has 17 heavy (non-hydrogen) atoms. The smallest absolute Gasteiger partial charge is 0.168 e. The van der Waals surface area contributed by atoms with Crippen LogP contribution in [0.15, 0.2) is 0 Å². The van der Waals surface area contributed by atoms with E-state index in [4.69, 9.17) is 0 Å². The normalized spacial score (nSPS) is 18.1. The van der Waals surface area contributed by atoms with E-state index in [1.165, 1.54) is 0 Å². The molecule has 0 spiro atoms. The molecule has 0 aliphatic carbocycles. The summed E-state index contributed by atoms with van der Waals surface area (Å²) in [5, 5.41) is 4.35. The van der Waals surface area contributed by atoms with Crippen LogP contribution in [-0.2, 0) is 28.6 Å². The fourth-order valence-electron chi connectivity index (χ4n) is 2.08. The minimum atomic E-state index is -3.06. The summed E-state index contributed by atoms with van der Waals surface area (Å²) >= 11 is 0. The van der Waals surface area contributed by atoms with E-state index in [0.717, 1.165) is 12.0 Å². The SMILES string of the molecule is CC(C)Cn1nc2c(c1C=O)CS(=O)(=O)CC2. The number of carbonyl (C=O) groups excluding carboxylic acids is 1. The zero-order valence-corrected chi connectivity index (χ0v) is 10.8. The molecule has 2 heterocycles. The van der Waals surface area contributed by atoms with E-state index >= 15 is 0 Å². The Balaban J connectivity index is 2.46. The summed E-state index contributed by atoms with van der Waals surface area (Å²) < 4.78 is 24.8. The van der Waals surface area contributed by atoms with Gasteiger partial charge in [-0.05, 0) is 5.92 Å². The molecule has 1 aromatic heterocycles. The van der Waals surface area contributed by atoms with Crippen molar-refractivity contribution >= 4 is 16.1 Å². The molecule has 1 aromatic rings. The number of nitrogens with zero attached hydrogens (tertiary/aromatic N) is 2. The summed E-state index contributed by atoms with van der Waals surface area (Å²) in [4.78, 5) is 11.1. The van der Waals surface area contributed by atoms with E-state index in [0.29, 0.717) is 30.1 Å². The first-order valence-electron chi connectivity index (χ1n) is 5.67. The molecule has 1 aliphatic rings. The Kier molecular flexibility index (Phi) is 3.07. The molecule has 0 bridgehead atoms. The van der Waals surface area contributed by atoms with Crippen molar-refractivity contribution in [3.05, 3.63) is 17.0 Å². The van der Waals surface area contributed by atoms with Crippen molar-refractivity contribution in [3.63, 3.8) is 0 Å². The van der Waals surface area contributed by atoms with E-state index in [1.54, 1.807) is 4.68 Å². The maximum absolute atomic E-state index is 11.6. The highest BCUT2D eigenvalue weighted by molar-refractivity contribution is 7.90. The van der Waals surface area contributed by atoms with Gasteiger partial charge >= 0.3 is 0 Å². The van der Waals surface area contributed by atoms with Crippen LogP contribution in [0.2, 0.25) is 0 Å². The van der Waals surface area contributed by atoms with Crippen molar-refractivity contribution in [1.82, 2.24) is 9.78 Å². The monoisotopic (exact) mass is 256 g/mol. The van der Waals surface area contributed by atoms with E-state index < -0.39 is 9.84 Å². The maximum Gasteiger partial charge on any atom is 0.168 e. The van der Waals surface area contributed by atoms with Crippen molar-refractivity contribution in [2.75, 3.05) is 5.75 Å². The molecular formula is C11H16N2O3S. The fourth-order valence-corrected chi connectivity index (χ4v) is 3.49. The molecule has 0 saturated carbocycles. The Morgan fingerprint density at radius 2 is 2.18 bits per heavy atom. The molecule has 0 amide bonds. The fraction of sp³-hybridized carbons (Fsp3) is 0.636. The number of aromatic nitrogens is 2. The topological polar surface area (TPSA) is 69.0 Å². The van der Waals surface area contributed by atoms with Crippen molar-refractivity contribution < 1.29 is 13.2 Å². The average Bonchev–Trinajstić information content (AvgIpc) is 2.52. The summed E-state index contributed by atoms with van der Waals surface area (Å²) in [5.74, 6) is 0.456. The molecular weight excluding hydrogens is 240 g/mol. The van der Waals surface area contributed by atoms with Crippen molar-refractivity contribution in [2.45, 2.75) is 32.6 Å². The van der Waals surface area contributed by atoms with Gasteiger partial charge in [0.15, 0.2) is 16.1 Å². The van der Waals surface area contributed by atoms with Gasteiger partial charge in [0.1, 0.15) is 5.69 Å². The van der Waals surface area contributed by atoms with Gasteiger partial charge in [-0.15, -0.1) is 0 Å². The quantitative estimate of drug-likeness (QED) is 0.751. The number of carbonyl (C=O) groups is 1. The predicted molar refractivity (Wildman–Crippen MR) is 63.6 cm³/mol. The van der Waals surface area contributed by atoms with Crippen molar-refractivity contribution in [3.8, 4) is 0 Å². The Hall–Kier alpha value is -1.17. The van der Waals surface area contributed by atoms with Crippen LogP contribution < -0.4 is 0 Å².